The minimum atomic E-state index is -2.83. The molecule has 0 saturated heterocycles. The molecule has 132 valence electrons. The average Bonchev–Trinajstić information content (AvgIpc) is 2.41. The Labute approximate surface area is 121 Å². The molecule has 0 radical (unpaired) electrons. The Morgan fingerprint density at radius 2 is 0.955 bits per heavy atom. The first-order valence-corrected chi connectivity index (χ1v) is 5.62. The fraction of sp³-hybridized carbons (Fsp3) is 0.800. The normalized spacial score (nSPS) is 10.1. The van der Waals surface area contributed by atoms with Gasteiger partial charge in [0.2, 0.25) is 0 Å². The van der Waals surface area contributed by atoms with Gasteiger partial charge in [-0.1, -0.05) is 0 Å². The van der Waals surface area contributed by atoms with Crippen LogP contribution in [0.15, 0.2) is 0 Å². The van der Waals surface area contributed by atoms with Crippen molar-refractivity contribution in [2.24, 2.45) is 0 Å². The molecule has 0 aromatic heterocycles. The highest BCUT2D eigenvalue weighted by atomic mass is 19.3. The lowest BCUT2D eigenvalue weighted by Gasteiger charge is -2.04. The second-order valence-corrected chi connectivity index (χ2v) is 3.04. The molecule has 0 N–H and O–H groups in total. The summed E-state index contributed by atoms with van der Waals surface area (Å²) in [6, 6.07) is 0. The maximum atomic E-state index is 11.3. The number of carbonyl (C=O) groups excluding carboxylic acids is 2. The van der Waals surface area contributed by atoms with E-state index in [9.17, 15) is 35.9 Å². The van der Waals surface area contributed by atoms with E-state index in [1.807, 2.05) is 0 Å². The Balaban J connectivity index is 0. The van der Waals surface area contributed by atoms with Crippen molar-refractivity contribution in [2.75, 3.05) is 26.4 Å². The molecule has 0 bridgehead atoms. The van der Waals surface area contributed by atoms with Gasteiger partial charge in [-0.15, -0.1) is 0 Å². The van der Waals surface area contributed by atoms with Gasteiger partial charge in [0.1, 0.15) is 0 Å². The van der Waals surface area contributed by atoms with Crippen molar-refractivity contribution in [1.82, 2.24) is 0 Å². The molecule has 0 saturated carbocycles. The zero-order valence-corrected chi connectivity index (χ0v) is 11.3. The van der Waals surface area contributed by atoms with Gasteiger partial charge in [0.25, 0.3) is 19.3 Å². The van der Waals surface area contributed by atoms with E-state index in [0.717, 1.165) is 0 Å². The van der Waals surface area contributed by atoms with E-state index in [2.05, 4.69) is 18.9 Å². The number of halogens is 6. The van der Waals surface area contributed by atoms with Crippen LogP contribution in [-0.4, -0.2) is 58.0 Å². The first-order valence-electron chi connectivity index (χ1n) is 5.62. The summed E-state index contributed by atoms with van der Waals surface area (Å²) in [6.07, 6.45) is -10.9. The zero-order valence-electron chi connectivity index (χ0n) is 11.3. The molecule has 0 heterocycles. The summed E-state index contributed by atoms with van der Waals surface area (Å²) in [7, 11) is 0. The topological polar surface area (TPSA) is 71.1 Å². The highest BCUT2D eigenvalue weighted by Crippen LogP contribution is 1.97. The number of hydrogen-bond acceptors (Lipinski definition) is 6. The molecule has 0 aliphatic rings. The number of alkyl halides is 6. The molecule has 12 heteroatoms. The van der Waals surface area contributed by atoms with Crippen molar-refractivity contribution in [1.29, 1.82) is 0 Å². The van der Waals surface area contributed by atoms with Crippen molar-refractivity contribution >= 4 is 12.3 Å². The summed E-state index contributed by atoms with van der Waals surface area (Å²) < 4.78 is 83.4. The van der Waals surface area contributed by atoms with Crippen LogP contribution >= 0.6 is 0 Å². The van der Waals surface area contributed by atoms with Crippen LogP contribution in [0.5, 0.6) is 0 Å². The average molecular weight is 344 g/mol. The minimum Gasteiger partial charge on any atom is -0.435 e. The van der Waals surface area contributed by atoms with E-state index in [1.165, 1.54) is 0 Å². The molecule has 0 atom stereocenters. The second kappa shape index (κ2) is 14.1. The molecule has 0 aromatic carbocycles. The summed E-state index contributed by atoms with van der Waals surface area (Å²) in [4.78, 5) is 20.3. The monoisotopic (exact) mass is 344 g/mol. The fourth-order valence-electron chi connectivity index (χ4n) is 0.594. The molecular formula is C10H14F6O6. The Morgan fingerprint density at radius 1 is 0.682 bits per heavy atom. The predicted molar refractivity (Wildman–Crippen MR) is 58.3 cm³/mol. The van der Waals surface area contributed by atoms with Crippen molar-refractivity contribution in [3.05, 3.63) is 0 Å². The summed E-state index contributed by atoms with van der Waals surface area (Å²) in [6.45, 7) is -1.52. The van der Waals surface area contributed by atoms with Gasteiger partial charge < -0.3 is 18.9 Å². The van der Waals surface area contributed by atoms with Crippen LogP contribution in [0.4, 0.5) is 35.9 Å². The zero-order chi connectivity index (χ0) is 17.5. The first-order chi connectivity index (χ1) is 10.2. The fourth-order valence-corrected chi connectivity index (χ4v) is 0.594. The van der Waals surface area contributed by atoms with Gasteiger partial charge >= 0.3 is 12.3 Å². The number of carbonyl (C=O) groups is 2. The van der Waals surface area contributed by atoms with Gasteiger partial charge in [-0.2, -0.15) is 0 Å². The Hall–Kier alpha value is -1.88. The van der Waals surface area contributed by atoms with Crippen LogP contribution in [0.3, 0.4) is 0 Å². The van der Waals surface area contributed by atoms with E-state index < -0.39 is 51.4 Å². The molecule has 0 fully saturated rings. The maximum Gasteiger partial charge on any atom is 0.508 e. The van der Waals surface area contributed by atoms with Crippen LogP contribution in [0.2, 0.25) is 0 Å². The van der Waals surface area contributed by atoms with Crippen molar-refractivity contribution in [3.63, 3.8) is 0 Å². The van der Waals surface area contributed by atoms with Crippen molar-refractivity contribution in [2.45, 2.75) is 26.2 Å². The minimum absolute atomic E-state index is 0.127. The predicted octanol–water partition coefficient (Wildman–Crippen LogP) is 3.09. The number of hydrogen-bond donors (Lipinski definition) is 0. The Kier molecular flexibility index (Phi) is 14.3. The lowest BCUT2D eigenvalue weighted by Crippen LogP contribution is -2.16. The van der Waals surface area contributed by atoms with Gasteiger partial charge in [0, 0.05) is 0 Å². The van der Waals surface area contributed by atoms with E-state index in [1.54, 1.807) is 6.92 Å². The van der Waals surface area contributed by atoms with Crippen LogP contribution in [0.25, 0.3) is 0 Å². The molecule has 6 nitrogen and oxygen atoms in total. The van der Waals surface area contributed by atoms with Gasteiger partial charge in [-0.05, 0) is 6.92 Å². The number of ether oxygens (including phenoxy) is 4. The van der Waals surface area contributed by atoms with Crippen LogP contribution in [-0.2, 0) is 18.9 Å². The van der Waals surface area contributed by atoms with Crippen LogP contribution in [0.1, 0.15) is 6.92 Å². The lowest BCUT2D eigenvalue weighted by molar-refractivity contribution is -0.0164. The highest BCUT2D eigenvalue weighted by molar-refractivity contribution is 5.60. The van der Waals surface area contributed by atoms with E-state index >= 15 is 0 Å². The van der Waals surface area contributed by atoms with Gasteiger partial charge in [-0.3, -0.25) is 0 Å². The van der Waals surface area contributed by atoms with Gasteiger partial charge in [0.05, 0.1) is 6.61 Å². The summed E-state index contributed by atoms with van der Waals surface area (Å²) in [5.74, 6) is 0. The summed E-state index contributed by atoms with van der Waals surface area (Å²) in [5, 5.41) is 0. The largest absolute Gasteiger partial charge is 0.508 e. The maximum absolute atomic E-state index is 11.3. The summed E-state index contributed by atoms with van der Waals surface area (Å²) >= 11 is 0. The molecule has 0 rings (SSSR count). The number of rotatable bonds is 7. The molecule has 0 amide bonds. The van der Waals surface area contributed by atoms with Crippen LogP contribution in [0, 0.1) is 0 Å². The standard InChI is InChI=1S/C5H6F4O3.C5H8F2O3/c6-3(7)1-11-5(10)12-2-4(8)9;1-2-9-5(8)10-3-4(6)7/h3-4H,1-2H2;4H,2-3H2,1H3. The lowest BCUT2D eigenvalue weighted by atomic mass is 10.7. The van der Waals surface area contributed by atoms with Crippen molar-refractivity contribution < 1.29 is 54.9 Å². The Morgan fingerprint density at radius 3 is 1.18 bits per heavy atom. The quantitative estimate of drug-likeness (QED) is 0.522. The third kappa shape index (κ3) is 20.4. The molecule has 0 spiro atoms. The molecule has 0 aromatic rings. The summed E-state index contributed by atoms with van der Waals surface area (Å²) in [5.41, 5.74) is 0. The molecule has 0 aliphatic carbocycles. The van der Waals surface area contributed by atoms with Crippen LogP contribution < -0.4 is 0 Å². The highest BCUT2D eigenvalue weighted by Gasteiger charge is 2.12. The molecule has 0 unspecified atom stereocenters. The van der Waals surface area contributed by atoms with Gasteiger partial charge in [-0.25, -0.2) is 35.9 Å². The smallest absolute Gasteiger partial charge is 0.435 e. The van der Waals surface area contributed by atoms with E-state index in [0.29, 0.717) is 0 Å². The van der Waals surface area contributed by atoms with E-state index in [4.69, 9.17) is 0 Å². The molecule has 0 aliphatic heterocycles. The van der Waals surface area contributed by atoms with Crippen molar-refractivity contribution in [3.8, 4) is 0 Å². The Bertz CT molecular complexity index is 288. The van der Waals surface area contributed by atoms with E-state index in [-0.39, 0.29) is 6.61 Å². The third-order valence-corrected chi connectivity index (χ3v) is 1.24. The van der Waals surface area contributed by atoms with Gasteiger partial charge in [0.15, 0.2) is 19.8 Å². The SMILES string of the molecule is CCOC(=O)OCC(F)F.O=C(OCC(F)F)OCC(F)F. The molecular weight excluding hydrogens is 330 g/mol. The first kappa shape index (κ1) is 22.4. The third-order valence-electron chi connectivity index (χ3n) is 1.24. The second-order valence-electron chi connectivity index (χ2n) is 3.04. The molecule has 22 heavy (non-hydrogen) atoms.